The molecule has 0 aliphatic rings. The van der Waals surface area contributed by atoms with Crippen LogP contribution in [-0.2, 0) is 0 Å². The van der Waals surface area contributed by atoms with Gasteiger partial charge in [-0.3, -0.25) is 9.78 Å². The molecule has 1 atom stereocenters. The van der Waals surface area contributed by atoms with E-state index in [4.69, 9.17) is 5.73 Å². The summed E-state index contributed by atoms with van der Waals surface area (Å²) >= 11 is 0. The summed E-state index contributed by atoms with van der Waals surface area (Å²) < 4.78 is 12.8. The Hall–Kier alpha value is -1.49. The number of halogens is 1. The zero-order valence-electron chi connectivity index (χ0n) is 9.24. The van der Waals surface area contributed by atoms with Crippen LogP contribution in [0.1, 0.15) is 30.1 Å². The molecule has 16 heavy (non-hydrogen) atoms. The third kappa shape index (κ3) is 3.58. The predicted octanol–water partition coefficient (Wildman–Crippen LogP) is 1.08. The minimum Gasteiger partial charge on any atom is -0.348 e. The van der Waals surface area contributed by atoms with E-state index in [-0.39, 0.29) is 17.5 Å². The number of hydrogen-bond acceptors (Lipinski definition) is 3. The van der Waals surface area contributed by atoms with Gasteiger partial charge in [-0.15, -0.1) is 0 Å². The van der Waals surface area contributed by atoms with Gasteiger partial charge in [-0.1, -0.05) is 13.3 Å². The monoisotopic (exact) mass is 225 g/mol. The molecule has 1 heterocycles. The van der Waals surface area contributed by atoms with E-state index in [2.05, 4.69) is 10.3 Å². The van der Waals surface area contributed by atoms with Crippen LogP contribution in [0.2, 0.25) is 0 Å². The lowest BCUT2D eigenvalue weighted by atomic mass is 10.1. The van der Waals surface area contributed by atoms with Crippen molar-refractivity contribution in [2.24, 2.45) is 5.73 Å². The fourth-order valence-corrected chi connectivity index (χ4v) is 1.40. The van der Waals surface area contributed by atoms with Gasteiger partial charge < -0.3 is 11.1 Å². The van der Waals surface area contributed by atoms with Crippen molar-refractivity contribution in [3.8, 4) is 0 Å². The first-order valence-electron chi connectivity index (χ1n) is 5.28. The van der Waals surface area contributed by atoms with E-state index in [0.29, 0.717) is 6.54 Å². The third-order valence-electron chi connectivity index (χ3n) is 2.22. The van der Waals surface area contributed by atoms with E-state index in [1.165, 1.54) is 6.20 Å². The molecule has 4 nitrogen and oxygen atoms in total. The van der Waals surface area contributed by atoms with Crippen molar-refractivity contribution in [1.29, 1.82) is 0 Å². The number of carbonyl (C=O) groups is 1. The van der Waals surface area contributed by atoms with E-state index in [1.54, 1.807) is 0 Å². The molecule has 1 unspecified atom stereocenters. The zero-order valence-corrected chi connectivity index (χ0v) is 9.24. The molecule has 1 aromatic rings. The SMILES string of the molecule is CCCC(CN)NC(=O)c1cncc(F)c1. The Morgan fingerprint density at radius 1 is 1.62 bits per heavy atom. The number of nitrogens with one attached hydrogen (secondary N) is 1. The molecule has 0 radical (unpaired) electrons. The van der Waals surface area contributed by atoms with Gasteiger partial charge in [0.25, 0.3) is 5.91 Å². The molecular weight excluding hydrogens is 209 g/mol. The number of amides is 1. The van der Waals surface area contributed by atoms with Crippen LogP contribution in [0.4, 0.5) is 4.39 Å². The summed E-state index contributed by atoms with van der Waals surface area (Å²) in [5.74, 6) is -0.858. The van der Waals surface area contributed by atoms with Crippen LogP contribution >= 0.6 is 0 Å². The second-order valence-corrected chi connectivity index (χ2v) is 3.59. The van der Waals surface area contributed by atoms with Gasteiger partial charge in [0.2, 0.25) is 0 Å². The molecule has 3 N–H and O–H groups in total. The van der Waals surface area contributed by atoms with E-state index in [9.17, 15) is 9.18 Å². The molecule has 0 aliphatic carbocycles. The van der Waals surface area contributed by atoms with Crippen molar-refractivity contribution in [3.05, 3.63) is 29.8 Å². The highest BCUT2D eigenvalue weighted by molar-refractivity contribution is 5.94. The van der Waals surface area contributed by atoms with E-state index >= 15 is 0 Å². The van der Waals surface area contributed by atoms with Crippen LogP contribution in [-0.4, -0.2) is 23.5 Å². The Morgan fingerprint density at radius 2 is 2.38 bits per heavy atom. The summed E-state index contributed by atoms with van der Waals surface area (Å²) in [6.07, 6.45) is 4.13. The van der Waals surface area contributed by atoms with Crippen LogP contribution in [0.3, 0.4) is 0 Å². The van der Waals surface area contributed by atoms with Crippen molar-refractivity contribution < 1.29 is 9.18 Å². The Bertz CT molecular complexity index is 357. The lowest BCUT2D eigenvalue weighted by Crippen LogP contribution is -2.40. The van der Waals surface area contributed by atoms with Crippen LogP contribution < -0.4 is 11.1 Å². The number of aromatic nitrogens is 1. The highest BCUT2D eigenvalue weighted by atomic mass is 19.1. The molecule has 0 fully saturated rings. The minimum absolute atomic E-state index is 0.0687. The average Bonchev–Trinajstić information content (AvgIpc) is 2.28. The third-order valence-corrected chi connectivity index (χ3v) is 2.22. The average molecular weight is 225 g/mol. The highest BCUT2D eigenvalue weighted by Gasteiger charge is 2.12. The van der Waals surface area contributed by atoms with Crippen LogP contribution in [0.25, 0.3) is 0 Å². The summed E-state index contributed by atoms with van der Waals surface area (Å²) in [5, 5.41) is 2.74. The van der Waals surface area contributed by atoms with Gasteiger partial charge in [-0.2, -0.15) is 0 Å². The fraction of sp³-hybridized carbons (Fsp3) is 0.455. The molecular formula is C11H16FN3O. The van der Waals surface area contributed by atoms with E-state index in [1.807, 2.05) is 6.92 Å². The molecule has 0 aromatic carbocycles. The zero-order chi connectivity index (χ0) is 12.0. The molecule has 0 bridgehead atoms. The number of pyridine rings is 1. The minimum atomic E-state index is -0.521. The lowest BCUT2D eigenvalue weighted by Gasteiger charge is -2.15. The summed E-state index contributed by atoms with van der Waals surface area (Å²) in [7, 11) is 0. The quantitative estimate of drug-likeness (QED) is 0.787. The molecule has 0 spiro atoms. The van der Waals surface area contributed by atoms with Gasteiger partial charge >= 0.3 is 0 Å². The maximum Gasteiger partial charge on any atom is 0.253 e. The predicted molar refractivity (Wildman–Crippen MR) is 59.4 cm³/mol. The smallest absolute Gasteiger partial charge is 0.253 e. The Kier molecular flexibility index (Phi) is 4.85. The normalized spacial score (nSPS) is 12.2. The Labute approximate surface area is 94.1 Å². The Balaban J connectivity index is 2.64. The molecule has 0 aliphatic heterocycles. The van der Waals surface area contributed by atoms with Gasteiger partial charge in [0.15, 0.2) is 0 Å². The van der Waals surface area contributed by atoms with Gasteiger partial charge in [0, 0.05) is 18.8 Å². The number of nitrogens with two attached hydrogens (primary N) is 1. The van der Waals surface area contributed by atoms with Gasteiger partial charge in [-0.25, -0.2) is 4.39 Å². The van der Waals surface area contributed by atoms with Crippen LogP contribution in [0.15, 0.2) is 18.5 Å². The maximum atomic E-state index is 12.8. The molecule has 1 aromatic heterocycles. The van der Waals surface area contributed by atoms with Crippen molar-refractivity contribution in [3.63, 3.8) is 0 Å². The topological polar surface area (TPSA) is 68.0 Å². The molecule has 0 saturated carbocycles. The molecule has 1 amide bonds. The molecule has 1 rings (SSSR count). The lowest BCUT2D eigenvalue weighted by molar-refractivity contribution is 0.0935. The highest BCUT2D eigenvalue weighted by Crippen LogP contribution is 2.02. The largest absolute Gasteiger partial charge is 0.348 e. The first kappa shape index (κ1) is 12.6. The summed E-state index contributed by atoms with van der Waals surface area (Å²) in [5.41, 5.74) is 5.73. The molecule has 5 heteroatoms. The number of nitrogens with zero attached hydrogens (tertiary/aromatic N) is 1. The second-order valence-electron chi connectivity index (χ2n) is 3.59. The maximum absolute atomic E-state index is 12.8. The van der Waals surface area contributed by atoms with Crippen molar-refractivity contribution >= 4 is 5.91 Å². The van der Waals surface area contributed by atoms with E-state index < -0.39 is 5.82 Å². The molecule has 0 saturated heterocycles. The first-order valence-corrected chi connectivity index (χ1v) is 5.28. The number of hydrogen-bond donors (Lipinski definition) is 2. The fourth-order valence-electron chi connectivity index (χ4n) is 1.40. The van der Waals surface area contributed by atoms with Crippen molar-refractivity contribution in [2.75, 3.05) is 6.54 Å². The van der Waals surface area contributed by atoms with Crippen molar-refractivity contribution in [2.45, 2.75) is 25.8 Å². The summed E-state index contributed by atoms with van der Waals surface area (Å²) in [6.45, 7) is 2.39. The van der Waals surface area contributed by atoms with Gasteiger partial charge in [0.1, 0.15) is 5.82 Å². The van der Waals surface area contributed by atoms with Crippen LogP contribution in [0.5, 0.6) is 0 Å². The first-order chi connectivity index (χ1) is 7.67. The number of rotatable bonds is 5. The molecule has 88 valence electrons. The van der Waals surface area contributed by atoms with E-state index in [0.717, 1.165) is 25.1 Å². The van der Waals surface area contributed by atoms with Gasteiger partial charge in [0.05, 0.1) is 11.8 Å². The van der Waals surface area contributed by atoms with Crippen molar-refractivity contribution in [1.82, 2.24) is 10.3 Å². The standard InChI is InChI=1S/C11H16FN3O/c1-2-3-10(5-13)15-11(16)8-4-9(12)7-14-6-8/h4,6-7,10H,2-3,5,13H2,1H3,(H,15,16). The summed E-state index contributed by atoms with van der Waals surface area (Å²) in [4.78, 5) is 15.3. The Morgan fingerprint density at radius 3 is 2.94 bits per heavy atom. The van der Waals surface area contributed by atoms with Crippen LogP contribution in [0, 0.1) is 5.82 Å². The van der Waals surface area contributed by atoms with Gasteiger partial charge in [-0.05, 0) is 12.5 Å². The summed E-state index contributed by atoms with van der Waals surface area (Å²) in [6, 6.07) is 1.09. The second kappa shape index (κ2) is 6.17. The number of carbonyl (C=O) groups excluding carboxylic acids is 1.